The number of H-pyrrole nitrogens is 1. The summed E-state index contributed by atoms with van der Waals surface area (Å²) in [7, 11) is 0. The van der Waals surface area contributed by atoms with Crippen molar-refractivity contribution < 1.29 is 0 Å². The molecule has 0 unspecified atom stereocenters. The number of hydrogen-bond donors (Lipinski definition) is 1. The Bertz CT molecular complexity index is 881. The molecule has 4 rings (SSSR count). The molecule has 0 amide bonds. The number of aromatic nitrogens is 2. The van der Waals surface area contributed by atoms with Crippen LogP contribution in [0.3, 0.4) is 0 Å². The summed E-state index contributed by atoms with van der Waals surface area (Å²) < 4.78 is 0. The largest absolute Gasteiger partial charge is 0.354 e. The molecule has 0 aliphatic heterocycles. The predicted molar refractivity (Wildman–Crippen MR) is 89.2 cm³/mol. The number of nitrogens with one attached hydrogen (secondary N) is 1. The molecule has 0 fully saturated rings. The predicted octanol–water partition coefficient (Wildman–Crippen LogP) is 5.23. The summed E-state index contributed by atoms with van der Waals surface area (Å²) in [5.74, 6) is 0. The van der Waals surface area contributed by atoms with E-state index < -0.39 is 0 Å². The van der Waals surface area contributed by atoms with Crippen LogP contribution in [0.1, 0.15) is 31.7 Å². The number of rotatable bonds is 1. The molecule has 104 valence electrons. The van der Waals surface area contributed by atoms with Crippen molar-refractivity contribution in [3.05, 3.63) is 59.9 Å². The number of benzene rings is 1. The van der Waals surface area contributed by atoms with E-state index in [4.69, 9.17) is 0 Å². The van der Waals surface area contributed by atoms with Crippen molar-refractivity contribution >= 4 is 27.4 Å². The van der Waals surface area contributed by atoms with E-state index in [2.05, 4.69) is 47.2 Å². The van der Waals surface area contributed by atoms with Crippen LogP contribution in [0.2, 0.25) is 0 Å². The standard InChI is InChI=1S/C19H18N2/c1-13-3-2-4-14(6-5-13)15-7-8-16-17-12-20-10-9-18(17)21-19(16)11-15/h3,6-12,21H,2,4-5H2,1H3. The second-order valence-corrected chi connectivity index (χ2v) is 5.83. The lowest BCUT2D eigenvalue weighted by Crippen LogP contribution is -1.84. The first-order valence-corrected chi connectivity index (χ1v) is 7.52. The second-order valence-electron chi connectivity index (χ2n) is 5.83. The van der Waals surface area contributed by atoms with Gasteiger partial charge in [0.2, 0.25) is 0 Å². The van der Waals surface area contributed by atoms with Crippen molar-refractivity contribution in [2.24, 2.45) is 0 Å². The Kier molecular flexibility index (Phi) is 2.88. The normalized spacial score (nSPS) is 15.9. The Morgan fingerprint density at radius 3 is 2.95 bits per heavy atom. The fourth-order valence-electron chi connectivity index (χ4n) is 3.15. The molecule has 21 heavy (non-hydrogen) atoms. The van der Waals surface area contributed by atoms with E-state index in [1.54, 1.807) is 0 Å². The number of allylic oxidation sites excluding steroid dienone is 4. The van der Waals surface area contributed by atoms with Gasteiger partial charge >= 0.3 is 0 Å². The van der Waals surface area contributed by atoms with Gasteiger partial charge in [-0.3, -0.25) is 4.98 Å². The van der Waals surface area contributed by atoms with Gasteiger partial charge in [-0.05, 0) is 49.5 Å². The van der Waals surface area contributed by atoms with E-state index in [1.807, 2.05) is 18.5 Å². The molecule has 0 bridgehead atoms. The van der Waals surface area contributed by atoms with Gasteiger partial charge in [0.1, 0.15) is 0 Å². The van der Waals surface area contributed by atoms with E-state index in [-0.39, 0.29) is 0 Å². The highest BCUT2D eigenvalue weighted by atomic mass is 14.7. The Morgan fingerprint density at radius 1 is 1.05 bits per heavy atom. The highest BCUT2D eigenvalue weighted by Gasteiger charge is 2.08. The molecule has 3 aromatic rings. The highest BCUT2D eigenvalue weighted by Crippen LogP contribution is 2.30. The van der Waals surface area contributed by atoms with Gasteiger partial charge in [0.05, 0.1) is 0 Å². The first-order chi connectivity index (χ1) is 10.3. The Morgan fingerprint density at radius 2 is 2.00 bits per heavy atom. The van der Waals surface area contributed by atoms with Gasteiger partial charge in [-0.1, -0.05) is 29.9 Å². The molecule has 2 heteroatoms. The monoisotopic (exact) mass is 274 g/mol. The molecule has 2 nitrogen and oxygen atoms in total. The van der Waals surface area contributed by atoms with Gasteiger partial charge in [-0.25, -0.2) is 0 Å². The molecule has 1 aliphatic carbocycles. The molecule has 0 saturated carbocycles. The average molecular weight is 274 g/mol. The van der Waals surface area contributed by atoms with E-state index in [0.29, 0.717) is 0 Å². The minimum absolute atomic E-state index is 1.07. The fraction of sp³-hybridized carbons (Fsp3) is 0.211. The zero-order chi connectivity index (χ0) is 14.2. The number of fused-ring (bicyclic) bond motifs is 3. The molecule has 0 saturated heterocycles. The Balaban J connectivity index is 1.82. The van der Waals surface area contributed by atoms with Gasteiger partial charge in [0.15, 0.2) is 0 Å². The lowest BCUT2D eigenvalue weighted by molar-refractivity contribution is 1.06. The van der Waals surface area contributed by atoms with Gasteiger partial charge in [0, 0.05) is 34.2 Å². The van der Waals surface area contributed by atoms with Crippen LogP contribution in [0.4, 0.5) is 0 Å². The van der Waals surface area contributed by atoms with Crippen molar-refractivity contribution in [3.8, 4) is 0 Å². The molecule has 0 atom stereocenters. The van der Waals surface area contributed by atoms with Gasteiger partial charge in [-0.15, -0.1) is 0 Å². The van der Waals surface area contributed by atoms with Crippen molar-refractivity contribution in [2.45, 2.75) is 26.2 Å². The van der Waals surface area contributed by atoms with Crippen LogP contribution in [0, 0.1) is 0 Å². The summed E-state index contributed by atoms with van der Waals surface area (Å²) in [6.45, 7) is 2.22. The third-order valence-corrected chi connectivity index (χ3v) is 4.35. The first-order valence-electron chi connectivity index (χ1n) is 7.52. The Hall–Kier alpha value is -2.35. The summed E-state index contributed by atoms with van der Waals surface area (Å²) in [5.41, 5.74) is 6.63. The molecule has 2 aromatic heterocycles. The molecule has 0 spiro atoms. The minimum atomic E-state index is 1.07. The van der Waals surface area contributed by atoms with Crippen LogP contribution in [-0.4, -0.2) is 9.97 Å². The van der Waals surface area contributed by atoms with Crippen LogP contribution in [-0.2, 0) is 0 Å². The zero-order valence-corrected chi connectivity index (χ0v) is 12.2. The summed E-state index contributed by atoms with van der Waals surface area (Å²) in [6, 6.07) is 8.78. The maximum atomic E-state index is 4.23. The van der Waals surface area contributed by atoms with Gasteiger partial charge < -0.3 is 4.98 Å². The quantitative estimate of drug-likeness (QED) is 0.605. The maximum Gasteiger partial charge on any atom is 0.0495 e. The number of nitrogens with zero attached hydrogens (tertiary/aromatic N) is 1. The van der Waals surface area contributed by atoms with Crippen molar-refractivity contribution in [2.75, 3.05) is 0 Å². The van der Waals surface area contributed by atoms with E-state index in [1.165, 1.54) is 33.0 Å². The van der Waals surface area contributed by atoms with Crippen molar-refractivity contribution in [3.63, 3.8) is 0 Å². The number of pyridine rings is 1. The molecule has 2 heterocycles. The molecule has 1 N–H and O–H groups in total. The van der Waals surface area contributed by atoms with Crippen LogP contribution in [0.15, 0.2) is 54.4 Å². The SMILES string of the molecule is CC1=CCCC(c2ccc3c(c2)[nH]c2ccncc23)=CC1. The van der Waals surface area contributed by atoms with E-state index >= 15 is 0 Å². The maximum absolute atomic E-state index is 4.23. The summed E-state index contributed by atoms with van der Waals surface area (Å²) >= 11 is 0. The molecule has 0 radical (unpaired) electrons. The lowest BCUT2D eigenvalue weighted by Gasteiger charge is -2.05. The topological polar surface area (TPSA) is 28.7 Å². The summed E-state index contributed by atoms with van der Waals surface area (Å²) in [5, 5.41) is 2.46. The van der Waals surface area contributed by atoms with E-state index in [0.717, 1.165) is 24.8 Å². The summed E-state index contributed by atoms with van der Waals surface area (Å²) in [6.07, 6.45) is 11.9. The first kappa shape index (κ1) is 12.4. The molecule has 1 aromatic carbocycles. The van der Waals surface area contributed by atoms with Crippen LogP contribution in [0.25, 0.3) is 27.4 Å². The third-order valence-electron chi connectivity index (χ3n) is 4.35. The number of aromatic amines is 1. The van der Waals surface area contributed by atoms with Crippen LogP contribution < -0.4 is 0 Å². The lowest BCUT2D eigenvalue weighted by atomic mass is 10.00. The van der Waals surface area contributed by atoms with Crippen LogP contribution >= 0.6 is 0 Å². The summed E-state index contributed by atoms with van der Waals surface area (Å²) in [4.78, 5) is 7.73. The van der Waals surface area contributed by atoms with Crippen molar-refractivity contribution in [1.29, 1.82) is 0 Å². The molecular formula is C19H18N2. The fourth-order valence-corrected chi connectivity index (χ4v) is 3.15. The minimum Gasteiger partial charge on any atom is -0.354 e. The van der Waals surface area contributed by atoms with Crippen LogP contribution in [0.5, 0.6) is 0 Å². The molecular weight excluding hydrogens is 256 g/mol. The number of hydrogen-bond acceptors (Lipinski definition) is 1. The second kappa shape index (κ2) is 4.88. The third kappa shape index (κ3) is 2.17. The zero-order valence-electron chi connectivity index (χ0n) is 12.2. The molecule has 1 aliphatic rings. The average Bonchev–Trinajstić information content (AvgIpc) is 2.73. The van der Waals surface area contributed by atoms with E-state index in [9.17, 15) is 0 Å². The van der Waals surface area contributed by atoms with Gasteiger partial charge in [-0.2, -0.15) is 0 Å². The smallest absolute Gasteiger partial charge is 0.0495 e. The van der Waals surface area contributed by atoms with Gasteiger partial charge in [0.25, 0.3) is 0 Å². The van der Waals surface area contributed by atoms with Crippen molar-refractivity contribution in [1.82, 2.24) is 9.97 Å². The highest BCUT2D eigenvalue weighted by molar-refractivity contribution is 6.07. The Labute approximate surface area is 124 Å².